The minimum absolute atomic E-state index is 0.0475. The fraction of sp³-hybridized carbons (Fsp3) is 0.211. The number of rotatable bonds is 7. The minimum Gasteiger partial charge on any atom is -0.469 e. The molecule has 0 unspecified atom stereocenters. The predicted molar refractivity (Wildman–Crippen MR) is 90.8 cm³/mol. The van der Waals surface area contributed by atoms with E-state index in [2.05, 4.69) is 10.1 Å². The van der Waals surface area contributed by atoms with E-state index in [1.165, 1.54) is 7.11 Å². The topological polar surface area (TPSA) is 72.5 Å². The third-order valence-corrected chi connectivity index (χ3v) is 3.54. The quantitative estimate of drug-likeness (QED) is 0.482. The summed E-state index contributed by atoms with van der Waals surface area (Å²) < 4.78 is 4.47. The van der Waals surface area contributed by atoms with Gasteiger partial charge in [-0.15, -0.1) is 0 Å². The molecular formula is C19H19NO4. The molecule has 124 valence electrons. The number of esters is 1. The molecule has 1 amide bonds. The van der Waals surface area contributed by atoms with Gasteiger partial charge in [0.1, 0.15) is 6.42 Å². The Kier molecular flexibility index (Phi) is 6.25. The summed E-state index contributed by atoms with van der Waals surface area (Å²) in [7, 11) is 1.23. The van der Waals surface area contributed by atoms with Crippen LogP contribution >= 0.6 is 0 Å². The van der Waals surface area contributed by atoms with Crippen molar-refractivity contribution in [3.63, 3.8) is 0 Å². The molecule has 1 N–H and O–H groups in total. The van der Waals surface area contributed by atoms with E-state index in [0.29, 0.717) is 24.1 Å². The summed E-state index contributed by atoms with van der Waals surface area (Å²) in [6.07, 6.45) is 0.504. The zero-order valence-corrected chi connectivity index (χ0v) is 13.5. The lowest BCUT2D eigenvalue weighted by atomic mass is 10.0. The van der Waals surface area contributed by atoms with Crippen LogP contribution in [0.25, 0.3) is 0 Å². The largest absolute Gasteiger partial charge is 0.469 e. The van der Waals surface area contributed by atoms with Gasteiger partial charge in [0.15, 0.2) is 5.78 Å². The number of benzene rings is 2. The van der Waals surface area contributed by atoms with Crippen LogP contribution in [0, 0.1) is 0 Å². The molecule has 0 aliphatic rings. The molecule has 5 heteroatoms. The first-order valence-electron chi connectivity index (χ1n) is 7.63. The summed E-state index contributed by atoms with van der Waals surface area (Å²) in [6.45, 7) is 0. The maximum atomic E-state index is 12.2. The Morgan fingerprint density at radius 1 is 0.958 bits per heavy atom. The van der Waals surface area contributed by atoms with Gasteiger partial charge in [-0.1, -0.05) is 48.5 Å². The van der Waals surface area contributed by atoms with E-state index in [1.54, 1.807) is 24.3 Å². The number of carbonyl (C=O) groups is 3. The van der Waals surface area contributed by atoms with Crippen LogP contribution in [0.15, 0.2) is 54.6 Å². The van der Waals surface area contributed by atoms with Crippen molar-refractivity contribution in [1.29, 1.82) is 0 Å². The summed E-state index contributed by atoms with van der Waals surface area (Å²) in [4.78, 5) is 35.1. The van der Waals surface area contributed by atoms with Crippen LogP contribution in [0.4, 0.5) is 5.69 Å². The summed E-state index contributed by atoms with van der Waals surface area (Å²) in [6, 6.07) is 16.3. The number of hydrogen-bond acceptors (Lipinski definition) is 4. The zero-order chi connectivity index (χ0) is 17.4. The Bertz CT molecular complexity index is 725. The number of ether oxygens (including phenoxy) is 1. The molecule has 0 aliphatic carbocycles. The monoisotopic (exact) mass is 325 g/mol. The molecule has 2 rings (SSSR count). The molecule has 0 aliphatic heterocycles. The van der Waals surface area contributed by atoms with Crippen LogP contribution in [-0.4, -0.2) is 24.8 Å². The normalized spacial score (nSPS) is 10.0. The van der Waals surface area contributed by atoms with Crippen LogP contribution in [0.3, 0.4) is 0 Å². The highest BCUT2D eigenvalue weighted by Gasteiger charge is 2.12. The molecule has 0 saturated heterocycles. The zero-order valence-electron chi connectivity index (χ0n) is 13.5. The SMILES string of the molecule is COC(=O)CC(=O)Nc1ccccc1CCC(=O)c1ccccc1. The van der Waals surface area contributed by atoms with Gasteiger partial charge in [-0.05, 0) is 18.1 Å². The Morgan fingerprint density at radius 3 is 2.33 bits per heavy atom. The highest BCUT2D eigenvalue weighted by Crippen LogP contribution is 2.18. The molecule has 0 saturated carbocycles. The number of ketones is 1. The number of para-hydroxylation sites is 1. The van der Waals surface area contributed by atoms with Crippen LogP contribution in [0.1, 0.15) is 28.8 Å². The standard InChI is InChI=1S/C19H19NO4/c1-24-19(23)13-18(22)20-16-10-6-5-7-14(16)11-12-17(21)15-8-3-2-4-9-15/h2-10H,11-13H2,1H3,(H,20,22). The second-order valence-corrected chi connectivity index (χ2v) is 5.25. The molecule has 0 spiro atoms. The third-order valence-electron chi connectivity index (χ3n) is 3.54. The number of anilines is 1. The lowest BCUT2D eigenvalue weighted by Gasteiger charge is -2.10. The van der Waals surface area contributed by atoms with E-state index in [4.69, 9.17) is 0 Å². The number of Topliss-reactive ketones (excluding diaryl/α,β-unsaturated/α-hetero) is 1. The lowest BCUT2D eigenvalue weighted by Crippen LogP contribution is -2.18. The molecule has 0 atom stereocenters. The smallest absolute Gasteiger partial charge is 0.315 e. The summed E-state index contributed by atoms with van der Waals surface area (Å²) in [5, 5.41) is 2.69. The average Bonchev–Trinajstić information content (AvgIpc) is 2.61. The number of nitrogens with one attached hydrogen (secondary N) is 1. The lowest BCUT2D eigenvalue weighted by molar-refractivity contribution is -0.142. The van der Waals surface area contributed by atoms with Crippen LogP contribution in [-0.2, 0) is 20.7 Å². The van der Waals surface area contributed by atoms with Gasteiger partial charge in [0.2, 0.25) is 5.91 Å². The summed E-state index contributed by atoms with van der Waals surface area (Å²) in [5.41, 5.74) is 2.12. The highest BCUT2D eigenvalue weighted by atomic mass is 16.5. The molecule has 0 radical (unpaired) electrons. The van der Waals surface area contributed by atoms with Gasteiger partial charge in [0, 0.05) is 17.7 Å². The Labute approximate surface area is 140 Å². The number of hydrogen-bond donors (Lipinski definition) is 1. The van der Waals surface area contributed by atoms with E-state index in [0.717, 1.165) is 5.56 Å². The van der Waals surface area contributed by atoms with Gasteiger partial charge in [0.05, 0.1) is 7.11 Å². The maximum Gasteiger partial charge on any atom is 0.315 e. The molecule has 5 nitrogen and oxygen atoms in total. The van der Waals surface area contributed by atoms with Gasteiger partial charge in [-0.3, -0.25) is 14.4 Å². The van der Waals surface area contributed by atoms with Crippen molar-refractivity contribution in [2.45, 2.75) is 19.3 Å². The van der Waals surface area contributed by atoms with Crippen molar-refractivity contribution in [3.05, 3.63) is 65.7 Å². The first kappa shape index (κ1) is 17.4. The molecule has 0 aromatic heterocycles. The van der Waals surface area contributed by atoms with E-state index < -0.39 is 11.9 Å². The molecule has 0 fully saturated rings. The first-order chi connectivity index (χ1) is 11.6. The van der Waals surface area contributed by atoms with Crippen molar-refractivity contribution in [1.82, 2.24) is 0 Å². The van der Waals surface area contributed by atoms with Gasteiger partial charge >= 0.3 is 5.97 Å². The van der Waals surface area contributed by atoms with Gasteiger partial charge in [0.25, 0.3) is 0 Å². The van der Waals surface area contributed by atoms with E-state index >= 15 is 0 Å². The Morgan fingerprint density at radius 2 is 1.62 bits per heavy atom. The second kappa shape index (κ2) is 8.62. The van der Waals surface area contributed by atoms with Gasteiger partial charge in [-0.25, -0.2) is 0 Å². The molecule has 0 bridgehead atoms. The molecular weight excluding hydrogens is 306 g/mol. The summed E-state index contributed by atoms with van der Waals surface area (Å²) >= 11 is 0. The van der Waals surface area contributed by atoms with Crippen molar-refractivity contribution in [2.75, 3.05) is 12.4 Å². The van der Waals surface area contributed by atoms with Gasteiger partial charge < -0.3 is 10.1 Å². The van der Waals surface area contributed by atoms with Crippen molar-refractivity contribution < 1.29 is 19.1 Å². The van der Waals surface area contributed by atoms with Crippen LogP contribution in [0.2, 0.25) is 0 Å². The van der Waals surface area contributed by atoms with E-state index in [-0.39, 0.29) is 12.2 Å². The van der Waals surface area contributed by atoms with Crippen LogP contribution < -0.4 is 5.32 Å². The predicted octanol–water partition coefficient (Wildman–Crippen LogP) is 3.00. The number of aryl methyl sites for hydroxylation is 1. The van der Waals surface area contributed by atoms with E-state index in [1.807, 2.05) is 30.3 Å². The number of carbonyl (C=O) groups excluding carboxylic acids is 3. The van der Waals surface area contributed by atoms with Crippen molar-refractivity contribution in [2.24, 2.45) is 0 Å². The van der Waals surface area contributed by atoms with Crippen molar-refractivity contribution in [3.8, 4) is 0 Å². The molecule has 24 heavy (non-hydrogen) atoms. The Balaban J connectivity index is 2.00. The molecule has 2 aromatic rings. The molecule has 2 aromatic carbocycles. The fourth-order valence-corrected chi connectivity index (χ4v) is 2.27. The number of amides is 1. The number of methoxy groups -OCH3 is 1. The first-order valence-corrected chi connectivity index (χ1v) is 7.63. The third kappa shape index (κ3) is 5.05. The van der Waals surface area contributed by atoms with Crippen molar-refractivity contribution >= 4 is 23.3 Å². The van der Waals surface area contributed by atoms with Gasteiger partial charge in [-0.2, -0.15) is 0 Å². The average molecular weight is 325 g/mol. The van der Waals surface area contributed by atoms with Crippen LogP contribution in [0.5, 0.6) is 0 Å². The maximum absolute atomic E-state index is 12.2. The molecule has 0 heterocycles. The minimum atomic E-state index is -0.593. The Hall–Kier alpha value is -2.95. The second-order valence-electron chi connectivity index (χ2n) is 5.25. The summed E-state index contributed by atoms with van der Waals surface area (Å²) in [5.74, 6) is -0.987. The highest BCUT2D eigenvalue weighted by molar-refractivity contribution is 6.02. The fourth-order valence-electron chi connectivity index (χ4n) is 2.27. The van der Waals surface area contributed by atoms with E-state index in [9.17, 15) is 14.4 Å².